The molecule has 1 aliphatic carbocycles. The van der Waals surface area contributed by atoms with E-state index in [-0.39, 0.29) is 51.1 Å². The molecule has 35 heavy (non-hydrogen) atoms. The maximum Gasteiger partial charge on any atom is 0.407 e. The van der Waals surface area contributed by atoms with Gasteiger partial charge in [0.25, 0.3) is 0 Å². The minimum Gasteiger partial charge on any atom is -0.465 e. The molecule has 1 aromatic carbocycles. The van der Waals surface area contributed by atoms with E-state index < -0.39 is 46.8 Å². The fourth-order valence-electron chi connectivity index (χ4n) is 5.88. The zero-order valence-corrected chi connectivity index (χ0v) is 19.4. The maximum atomic E-state index is 13.9. The first-order chi connectivity index (χ1) is 16.4. The molecule has 2 heterocycles. The summed E-state index contributed by atoms with van der Waals surface area (Å²) in [5, 5.41) is 12.9. The number of nitrogens with one attached hydrogen (secondary N) is 1. The Bertz CT molecular complexity index is 987. The fourth-order valence-corrected chi connectivity index (χ4v) is 5.88. The number of carbonyl (C=O) groups is 3. The molecule has 2 atom stereocenters. The molecule has 3 aliphatic rings. The van der Waals surface area contributed by atoms with Gasteiger partial charge in [-0.05, 0) is 43.4 Å². The molecular formula is C24H29F4N3O4. The van der Waals surface area contributed by atoms with Crippen LogP contribution < -0.4 is 5.32 Å². The second-order valence-corrected chi connectivity index (χ2v) is 9.87. The van der Waals surface area contributed by atoms with Crippen LogP contribution in [0.25, 0.3) is 0 Å². The number of hydrogen-bond acceptors (Lipinski definition) is 4. The van der Waals surface area contributed by atoms with Crippen molar-refractivity contribution in [2.45, 2.75) is 49.7 Å². The zero-order chi connectivity index (χ0) is 25.6. The zero-order valence-electron chi connectivity index (χ0n) is 19.4. The number of benzene rings is 1. The molecule has 1 saturated carbocycles. The number of piperidine rings is 1. The highest BCUT2D eigenvalue weighted by Crippen LogP contribution is 2.54. The van der Waals surface area contributed by atoms with Gasteiger partial charge in [-0.3, -0.25) is 14.5 Å². The Morgan fingerprint density at radius 2 is 1.71 bits per heavy atom. The SMILES string of the molecule is CN(C(=O)O)[C@]1(C(=O)C2CCN(C(=O)C3(C(F)(F)F)CCC3)CC2)CNC[C@H]1c1ccc(F)cc1. The van der Waals surface area contributed by atoms with Gasteiger partial charge >= 0.3 is 12.3 Å². The predicted octanol–water partition coefficient (Wildman–Crippen LogP) is 3.40. The summed E-state index contributed by atoms with van der Waals surface area (Å²) < 4.78 is 54.4. The molecular weight excluding hydrogens is 470 g/mol. The summed E-state index contributed by atoms with van der Waals surface area (Å²) in [7, 11) is 1.33. The normalized spacial score (nSPS) is 26.8. The Hall–Kier alpha value is -2.69. The number of hydrogen-bond donors (Lipinski definition) is 2. The molecule has 2 aliphatic heterocycles. The van der Waals surface area contributed by atoms with E-state index in [1.54, 1.807) is 0 Å². The van der Waals surface area contributed by atoms with Crippen molar-refractivity contribution in [2.75, 3.05) is 33.2 Å². The molecule has 1 aromatic rings. The lowest BCUT2D eigenvalue weighted by Gasteiger charge is -2.47. The van der Waals surface area contributed by atoms with Crippen LogP contribution in [0, 0.1) is 17.2 Å². The van der Waals surface area contributed by atoms with Crippen LogP contribution in [-0.2, 0) is 9.59 Å². The minimum atomic E-state index is -4.61. The second-order valence-electron chi connectivity index (χ2n) is 9.87. The first kappa shape index (κ1) is 25.4. The monoisotopic (exact) mass is 499 g/mol. The predicted molar refractivity (Wildman–Crippen MR) is 117 cm³/mol. The lowest BCUT2D eigenvalue weighted by Crippen LogP contribution is -2.62. The van der Waals surface area contributed by atoms with Crippen molar-refractivity contribution < 1.29 is 37.1 Å². The molecule has 0 spiro atoms. The van der Waals surface area contributed by atoms with Crippen molar-refractivity contribution in [3.05, 3.63) is 35.6 Å². The average molecular weight is 500 g/mol. The Labute approximate surface area is 200 Å². The highest BCUT2D eigenvalue weighted by atomic mass is 19.4. The number of rotatable bonds is 5. The molecule has 192 valence electrons. The van der Waals surface area contributed by atoms with Crippen molar-refractivity contribution in [2.24, 2.45) is 11.3 Å². The number of ketones is 1. The number of likely N-dealkylation sites (N-methyl/N-ethyl adjacent to an activating group) is 1. The minimum absolute atomic E-state index is 0.00851. The van der Waals surface area contributed by atoms with Crippen molar-refractivity contribution in [3.63, 3.8) is 0 Å². The molecule has 2 saturated heterocycles. The summed E-state index contributed by atoms with van der Waals surface area (Å²) in [6.45, 7) is 0.386. The highest BCUT2D eigenvalue weighted by Gasteiger charge is 2.64. The summed E-state index contributed by atoms with van der Waals surface area (Å²) in [5.41, 5.74) is -3.16. The van der Waals surface area contributed by atoms with Gasteiger partial charge in [0.05, 0.1) is 0 Å². The van der Waals surface area contributed by atoms with Gasteiger partial charge in [-0.2, -0.15) is 13.2 Å². The van der Waals surface area contributed by atoms with Gasteiger partial charge in [0.1, 0.15) is 16.8 Å². The summed E-state index contributed by atoms with van der Waals surface area (Å²) in [5.74, 6) is -2.90. The third-order valence-corrected chi connectivity index (χ3v) is 8.22. The van der Waals surface area contributed by atoms with Crippen LogP contribution in [0.3, 0.4) is 0 Å². The first-order valence-electron chi connectivity index (χ1n) is 11.8. The number of amides is 2. The molecule has 0 bridgehead atoms. The van der Waals surface area contributed by atoms with E-state index in [0.717, 1.165) is 4.90 Å². The van der Waals surface area contributed by atoms with Crippen LogP contribution in [0.1, 0.15) is 43.6 Å². The molecule has 3 fully saturated rings. The lowest BCUT2D eigenvalue weighted by molar-refractivity contribution is -0.249. The van der Waals surface area contributed by atoms with Gasteiger partial charge in [0.15, 0.2) is 5.78 Å². The Morgan fingerprint density at radius 3 is 2.20 bits per heavy atom. The van der Waals surface area contributed by atoms with Gasteiger partial charge < -0.3 is 15.3 Å². The molecule has 4 rings (SSSR count). The molecule has 7 nitrogen and oxygen atoms in total. The van der Waals surface area contributed by atoms with E-state index in [1.165, 1.54) is 36.2 Å². The van der Waals surface area contributed by atoms with Crippen molar-refractivity contribution in [1.29, 1.82) is 0 Å². The van der Waals surface area contributed by atoms with E-state index in [2.05, 4.69) is 5.32 Å². The number of carbonyl (C=O) groups excluding carboxylic acids is 2. The lowest BCUT2D eigenvalue weighted by atomic mass is 9.66. The Morgan fingerprint density at radius 1 is 1.11 bits per heavy atom. The Balaban J connectivity index is 1.55. The van der Waals surface area contributed by atoms with E-state index in [4.69, 9.17) is 0 Å². The second kappa shape index (κ2) is 9.07. The topological polar surface area (TPSA) is 90.0 Å². The van der Waals surface area contributed by atoms with E-state index in [0.29, 0.717) is 18.5 Å². The summed E-state index contributed by atoms with van der Waals surface area (Å²) in [4.78, 5) is 40.9. The highest BCUT2D eigenvalue weighted by molar-refractivity contribution is 5.95. The maximum absolute atomic E-state index is 13.9. The quantitative estimate of drug-likeness (QED) is 0.607. The van der Waals surface area contributed by atoms with E-state index >= 15 is 0 Å². The van der Waals surface area contributed by atoms with Gasteiger partial charge in [-0.1, -0.05) is 18.6 Å². The average Bonchev–Trinajstić information content (AvgIpc) is 3.22. The first-order valence-corrected chi connectivity index (χ1v) is 11.8. The molecule has 2 amide bonds. The number of carboxylic acid groups (broad SMARTS) is 1. The van der Waals surface area contributed by atoms with E-state index in [9.17, 15) is 37.1 Å². The van der Waals surface area contributed by atoms with Gasteiger partial charge in [0.2, 0.25) is 5.91 Å². The number of halogens is 4. The van der Waals surface area contributed by atoms with Crippen molar-refractivity contribution in [3.8, 4) is 0 Å². The van der Waals surface area contributed by atoms with Crippen LogP contribution in [0.4, 0.5) is 22.4 Å². The standard InChI is InChI=1S/C24H29F4N3O4/c1-30(21(34)35)23(14-29-13-18(23)15-3-5-17(25)6-4-15)19(32)16-7-11-31(12-8-16)20(33)22(9-2-10-22)24(26,27)28/h3-6,16,18,29H,2,7-14H2,1H3,(H,34,35)/t18-,23+/m0/s1. The number of nitrogens with zero attached hydrogens (tertiary/aromatic N) is 2. The van der Waals surface area contributed by atoms with Gasteiger partial charge in [0, 0.05) is 45.1 Å². The van der Waals surface area contributed by atoms with Crippen molar-refractivity contribution in [1.82, 2.24) is 15.1 Å². The molecule has 0 radical (unpaired) electrons. The third kappa shape index (κ3) is 4.07. The van der Waals surface area contributed by atoms with Crippen molar-refractivity contribution >= 4 is 17.8 Å². The van der Waals surface area contributed by atoms with E-state index in [1.807, 2.05) is 0 Å². The summed E-state index contributed by atoms with van der Waals surface area (Å²) in [6, 6.07) is 5.57. The number of alkyl halides is 3. The van der Waals surface area contributed by atoms with Gasteiger partial charge in [-0.25, -0.2) is 9.18 Å². The van der Waals surface area contributed by atoms with Crippen LogP contribution in [0.5, 0.6) is 0 Å². The third-order valence-electron chi connectivity index (χ3n) is 8.22. The summed E-state index contributed by atoms with van der Waals surface area (Å²) >= 11 is 0. The Kier molecular flexibility index (Phi) is 6.58. The molecule has 2 N–H and O–H groups in total. The molecule has 0 unspecified atom stereocenters. The number of likely N-dealkylation sites (tertiary alicyclic amines) is 1. The fraction of sp³-hybridized carbons (Fsp3) is 0.625. The van der Waals surface area contributed by atoms with Crippen LogP contribution in [-0.4, -0.2) is 77.6 Å². The van der Waals surface area contributed by atoms with Gasteiger partial charge in [-0.15, -0.1) is 0 Å². The van der Waals surface area contributed by atoms with Crippen LogP contribution in [0.15, 0.2) is 24.3 Å². The van der Waals surface area contributed by atoms with Crippen LogP contribution in [0.2, 0.25) is 0 Å². The smallest absolute Gasteiger partial charge is 0.407 e. The summed E-state index contributed by atoms with van der Waals surface area (Å²) in [6.07, 6.45) is -5.67. The number of Topliss-reactive ketones (excluding diaryl/α,β-unsaturated/α-hetero) is 1. The molecule has 0 aromatic heterocycles. The van der Waals surface area contributed by atoms with Crippen LogP contribution >= 0.6 is 0 Å². The molecule has 11 heteroatoms. The largest absolute Gasteiger partial charge is 0.465 e.